The Balaban J connectivity index is 0.000000321. The van der Waals surface area contributed by atoms with Gasteiger partial charge in [0.2, 0.25) is 0 Å². The largest absolute Gasteiger partial charge is 0.490 e. The summed E-state index contributed by atoms with van der Waals surface area (Å²) in [6.45, 7) is 3.92. The topological polar surface area (TPSA) is 79.3 Å². The minimum atomic E-state index is -5.08. The summed E-state index contributed by atoms with van der Waals surface area (Å²) in [7, 11) is 3.62. The number of amides is 1. The van der Waals surface area contributed by atoms with Gasteiger partial charge in [0.15, 0.2) is 0 Å². The molecule has 3 fully saturated rings. The van der Waals surface area contributed by atoms with E-state index in [0.717, 1.165) is 45.6 Å². The quantitative estimate of drug-likeness (QED) is 0.760. The van der Waals surface area contributed by atoms with Gasteiger partial charge in [-0.05, 0) is 38.1 Å². The van der Waals surface area contributed by atoms with Crippen LogP contribution in [0.5, 0.6) is 0 Å². The van der Waals surface area contributed by atoms with Crippen molar-refractivity contribution in [3.63, 3.8) is 0 Å². The van der Waals surface area contributed by atoms with E-state index < -0.39 is 12.1 Å². The molecular weight excluding hydrogens is 369 g/mol. The highest BCUT2D eigenvalue weighted by Crippen LogP contribution is 2.35. The molecule has 0 saturated carbocycles. The summed E-state index contributed by atoms with van der Waals surface area (Å²) < 4.78 is 43.2. The number of nitrogens with zero attached hydrogens (tertiary/aromatic N) is 2. The van der Waals surface area contributed by atoms with E-state index in [1.165, 1.54) is 6.42 Å². The van der Waals surface area contributed by atoms with Gasteiger partial charge in [0.05, 0.1) is 6.10 Å². The number of likely N-dealkylation sites (N-methyl/N-ethyl adjacent to an activating group) is 1. The summed E-state index contributed by atoms with van der Waals surface area (Å²) in [6, 6.07) is 0.650. The molecule has 1 amide bonds. The molecule has 7 nitrogen and oxygen atoms in total. The van der Waals surface area contributed by atoms with Crippen molar-refractivity contribution in [1.29, 1.82) is 0 Å². The fourth-order valence-electron chi connectivity index (χ4n) is 3.78. The van der Waals surface area contributed by atoms with Crippen molar-refractivity contribution in [2.24, 2.45) is 5.92 Å². The second-order valence-electron chi connectivity index (χ2n) is 7.32. The Morgan fingerprint density at radius 3 is 2.26 bits per heavy atom. The molecule has 0 aromatic heterocycles. The number of hydrogen-bond donors (Lipinski definition) is 1. The minimum absolute atomic E-state index is 0.122. The van der Waals surface area contributed by atoms with Gasteiger partial charge in [0.25, 0.3) is 5.91 Å². The zero-order chi connectivity index (χ0) is 20.2. The van der Waals surface area contributed by atoms with E-state index >= 15 is 0 Å². The number of piperidine rings is 1. The second-order valence-corrected chi connectivity index (χ2v) is 7.32. The highest BCUT2D eigenvalue weighted by molar-refractivity contribution is 5.80. The molecule has 0 spiro atoms. The van der Waals surface area contributed by atoms with Crippen LogP contribution in [0.25, 0.3) is 0 Å². The Morgan fingerprint density at radius 2 is 1.74 bits per heavy atom. The number of hydrogen-bond acceptors (Lipinski definition) is 5. The maximum atomic E-state index is 12.0. The maximum absolute atomic E-state index is 12.0. The van der Waals surface area contributed by atoms with Crippen molar-refractivity contribution in [1.82, 2.24) is 9.80 Å². The smallest absolute Gasteiger partial charge is 0.475 e. The molecule has 27 heavy (non-hydrogen) atoms. The molecule has 0 radical (unpaired) electrons. The lowest BCUT2D eigenvalue weighted by atomic mass is 9.90. The van der Waals surface area contributed by atoms with Crippen molar-refractivity contribution < 1.29 is 37.3 Å². The summed E-state index contributed by atoms with van der Waals surface area (Å²) >= 11 is 0. The molecule has 0 aromatic rings. The first kappa shape index (κ1) is 21.9. The van der Waals surface area contributed by atoms with Gasteiger partial charge >= 0.3 is 12.1 Å². The van der Waals surface area contributed by atoms with E-state index in [1.54, 1.807) is 4.90 Å². The van der Waals surface area contributed by atoms with Crippen molar-refractivity contribution in [3.8, 4) is 0 Å². The van der Waals surface area contributed by atoms with Gasteiger partial charge in [-0.2, -0.15) is 13.2 Å². The molecule has 156 valence electrons. The number of ether oxygens (including phenoxy) is 2. The van der Waals surface area contributed by atoms with Crippen LogP contribution in [-0.2, 0) is 19.1 Å². The van der Waals surface area contributed by atoms with Crippen LogP contribution in [0.1, 0.15) is 25.7 Å². The maximum Gasteiger partial charge on any atom is 0.490 e. The lowest BCUT2D eigenvalue weighted by molar-refractivity contribution is -0.192. The predicted molar refractivity (Wildman–Crippen MR) is 89.2 cm³/mol. The molecule has 3 heterocycles. The van der Waals surface area contributed by atoms with Crippen LogP contribution in [0.3, 0.4) is 0 Å². The number of likely N-dealkylation sites (tertiary alicyclic amines) is 1. The minimum Gasteiger partial charge on any atom is -0.475 e. The first-order valence-electron chi connectivity index (χ1n) is 9.08. The fraction of sp³-hybridized carbons (Fsp3) is 0.882. The first-order chi connectivity index (χ1) is 12.6. The summed E-state index contributed by atoms with van der Waals surface area (Å²) in [4.78, 5) is 25.2. The van der Waals surface area contributed by atoms with Gasteiger partial charge in [0.1, 0.15) is 6.10 Å². The average molecular weight is 396 g/mol. The van der Waals surface area contributed by atoms with Crippen LogP contribution < -0.4 is 0 Å². The summed E-state index contributed by atoms with van der Waals surface area (Å²) in [5, 5.41) is 7.12. The Morgan fingerprint density at radius 1 is 1.15 bits per heavy atom. The standard InChI is InChI=1S/C15H26N2O3.C2HF3O2/c1-16(2)15(18)13-9-11-3-6-17(10-14(11)20-13)12-4-7-19-8-5-12;3-2(4,5)1(6)7/h11-14H,3-10H2,1-2H3;(H,6,7)/t11-,13-,14+;/m0./s1. The van der Waals surface area contributed by atoms with Crippen LogP contribution in [0.15, 0.2) is 0 Å². The van der Waals surface area contributed by atoms with Crippen LogP contribution in [0.2, 0.25) is 0 Å². The van der Waals surface area contributed by atoms with Crippen LogP contribution in [0.4, 0.5) is 13.2 Å². The van der Waals surface area contributed by atoms with Crippen molar-refractivity contribution in [2.45, 2.75) is 50.1 Å². The molecule has 3 rings (SSSR count). The molecule has 1 N–H and O–H groups in total. The van der Waals surface area contributed by atoms with E-state index in [4.69, 9.17) is 19.4 Å². The number of alkyl halides is 3. The molecule has 3 aliphatic heterocycles. The van der Waals surface area contributed by atoms with Crippen molar-refractivity contribution >= 4 is 11.9 Å². The zero-order valence-corrected chi connectivity index (χ0v) is 15.6. The number of carboxylic acid groups (broad SMARTS) is 1. The molecule has 3 saturated heterocycles. The zero-order valence-electron chi connectivity index (χ0n) is 15.6. The number of aliphatic carboxylic acids is 1. The Labute approximate surface area is 156 Å². The van der Waals surface area contributed by atoms with Gasteiger partial charge in [-0.1, -0.05) is 0 Å². The van der Waals surface area contributed by atoms with E-state index in [0.29, 0.717) is 12.0 Å². The number of fused-ring (bicyclic) bond motifs is 1. The molecule has 10 heteroatoms. The highest BCUT2D eigenvalue weighted by Gasteiger charge is 2.43. The number of rotatable bonds is 2. The molecule has 3 atom stereocenters. The number of carbonyl (C=O) groups is 2. The molecule has 0 aromatic carbocycles. The van der Waals surface area contributed by atoms with E-state index in [2.05, 4.69) is 4.90 Å². The Bertz CT molecular complexity index is 523. The van der Waals surface area contributed by atoms with Crippen molar-refractivity contribution in [2.75, 3.05) is 40.4 Å². The molecule has 0 unspecified atom stereocenters. The van der Waals surface area contributed by atoms with Gasteiger partial charge in [0, 0.05) is 39.9 Å². The SMILES string of the molecule is CN(C)C(=O)[C@@H]1C[C@@H]2CCN(C3CCOCC3)C[C@H]2O1.O=C(O)C(F)(F)F. The van der Waals surface area contributed by atoms with Crippen LogP contribution in [-0.4, -0.2) is 91.6 Å². The summed E-state index contributed by atoms with van der Waals surface area (Å²) in [5.41, 5.74) is 0. The fourth-order valence-corrected chi connectivity index (χ4v) is 3.78. The predicted octanol–water partition coefficient (Wildman–Crippen LogP) is 1.37. The first-order valence-corrected chi connectivity index (χ1v) is 9.08. The van der Waals surface area contributed by atoms with Crippen molar-refractivity contribution in [3.05, 3.63) is 0 Å². The second kappa shape index (κ2) is 9.20. The normalized spacial score (nSPS) is 29.4. The lowest BCUT2D eigenvalue weighted by Gasteiger charge is -2.40. The number of halogens is 3. The molecule has 0 bridgehead atoms. The van der Waals surface area contributed by atoms with Gasteiger partial charge in [-0.3, -0.25) is 9.69 Å². The van der Waals surface area contributed by atoms with Gasteiger partial charge in [-0.25, -0.2) is 4.79 Å². The third kappa shape index (κ3) is 6.05. The van der Waals surface area contributed by atoms with Gasteiger partial charge < -0.3 is 19.5 Å². The Kier molecular flexibility index (Phi) is 7.47. The summed E-state index contributed by atoms with van der Waals surface area (Å²) in [6.07, 6.45) is -0.702. The lowest BCUT2D eigenvalue weighted by Crippen LogP contribution is -2.49. The van der Waals surface area contributed by atoms with E-state index in [-0.39, 0.29) is 18.1 Å². The summed E-state index contributed by atoms with van der Waals surface area (Å²) in [5.74, 6) is -2.07. The molecular formula is C17H27F3N2O5. The van der Waals surface area contributed by atoms with Crippen LogP contribution >= 0.6 is 0 Å². The van der Waals surface area contributed by atoms with E-state index in [9.17, 15) is 18.0 Å². The monoisotopic (exact) mass is 396 g/mol. The Hall–Kier alpha value is -1.39. The van der Waals surface area contributed by atoms with Gasteiger partial charge in [-0.15, -0.1) is 0 Å². The average Bonchev–Trinajstić information content (AvgIpc) is 3.04. The molecule has 3 aliphatic rings. The third-order valence-corrected chi connectivity index (χ3v) is 5.25. The molecule has 0 aliphatic carbocycles. The highest BCUT2D eigenvalue weighted by atomic mass is 19.4. The third-order valence-electron chi connectivity index (χ3n) is 5.25. The van der Waals surface area contributed by atoms with Crippen LogP contribution in [0, 0.1) is 5.92 Å². The van der Waals surface area contributed by atoms with E-state index in [1.807, 2.05) is 14.1 Å². The number of carbonyl (C=O) groups excluding carboxylic acids is 1. The number of carboxylic acids is 1.